The second-order valence-corrected chi connectivity index (χ2v) is 9.61. The second kappa shape index (κ2) is 8.22. The molecule has 172 valence electrons. The third kappa shape index (κ3) is 3.58. The maximum atomic E-state index is 13.4. The quantitative estimate of drug-likeness (QED) is 0.617. The molecule has 1 unspecified atom stereocenters. The van der Waals surface area contributed by atoms with Crippen molar-refractivity contribution in [2.45, 2.75) is 37.4 Å². The molecule has 2 aliphatic heterocycles. The van der Waals surface area contributed by atoms with Crippen molar-refractivity contribution in [3.05, 3.63) is 82.4 Å². The lowest BCUT2D eigenvalue weighted by Gasteiger charge is -2.39. The van der Waals surface area contributed by atoms with E-state index in [9.17, 15) is 9.90 Å². The van der Waals surface area contributed by atoms with Crippen LogP contribution in [0.2, 0.25) is 5.02 Å². The molecule has 6 rings (SSSR count). The molecule has 6 nitrogen and oxygen atoms in total. The van der Waals surface area contributed by atoms with Crippen molar-refractivity contribution in [3.8, 4) is 16.9 Å². The van der Waals surface area contributed by atoms with E-state index in [1.165, 1.54) is 0 Å². The number of aromatic nitrogens is 2. The number of ether oxygens (including phenoxy) is 1. The Morgan fingerprint density at radius 3 is 2.82 bits per heavy atom. The molecular weight excluding hydrogens is 450 g/mol. The molecular formula is C27H24ClN3O3. The van der Waals surface area contributed by atoms with Gasteiger partial charge in [-0.25, -0.2) is 0 Å². The van der Waals surface area contributed by atoms with Gasteiger partial charge in [0.25, 0.3) is 5.91 Å². The van der Waals surface area contributed by atoms with Gasteiger partial charge in [-0.15, -0.1) is 0 Å². The minimum absolute atomic E-state index is 0.0497. The van der Waals surface area contributed by atoms with Gasteiger partial charge in [-0.3, -0.25) is 14.8 Å². The number of rotatable bonds is 3. The van der Waals surface area contributed by atoms with Crippen molar-refractivity contribution in [3.63, 3.8) is 0 Å². The van der Waals surface area contributed by atoms with E-state index in [0.29, 0.717) is 37.4 Å². The van der Waals surface area contributed by atoms with Crippen LogP contribution in [0, 0.1) is 0 Å². The van der Waals surface area contributed by atoms with Crippen molar-refractivity contribution >= 4 is 23.6 Å². The van der Waals surface area contributed by atoms with Crippen molar-refractivity contribution in [1.82, 2.24) is 14.9 Å². The molecule has 0 saturated carbocycles. The lowest BCUT2D eigenvalue weighted by molar-refractivity contribution is -0.142. The van der Waals surface area contributed by atoms with Gasteiger partial charge < -0.3 is 14.7 Å². The fourth-order valence-corrected chi connectivity index (χ4v) is 5.52. The molecule has 1 aliphatic carbocycles. The molecule has 1 amide bonds. The standard InChI is InChI=1S/C27H24ClN3O3/c28-19-13-17-14-24(26(32)31-11-7-27(33,8-12-31)18-3-2-9-29-16-18)34-25(17)22(15-19)20-6-10-30-23-5-1-4-21(20)23/h1-4,6,9-10,13,15-16,24,33H,5,7-8,11-12,14H2. The lowest BCUT2D eigenvalue weighted by atomic mass is 9.85. The molecule has 34 heavy (non-hydrogen) atoms. The van der Waals surface area contributed by atoms with Gasteiger partial charge in [-0.05, 0) is 42.7 Å². The summed E-state index contributed by atoms with van der Waals surface area (Å²) >= 11 is 6.48. The summed E-state index contributed by atoms with van der Waals surface area (Å²) in [5.41, 5.74) is 4.81. The number of nitrogens with zero attached hydrogens (tertiary/aromatic N) is 3. The minimum Gasteiger partial charge on any atom is -0.479 e. The SMILES string of the molecule is O=C(C1Cc2cc(Cl)cc(-c3ccnc4c3C=CC4)c2O1)N1CCC(O)(c2cccnc2)CC1. The zero-order valence-electron chi connectivity index (χ0n) is 18.6. The number of hydrogen-bond acceptors (Lipinski definition) is 5. The highest BCUT2D eigenvalue weighted by Crippen LogP contribution is 2.44. The summed E-state index contributed by atoms with van der Waals surface area (Å²) in [7, 11) is 0. The van der Waals surface area contributed by atoms with Gasteiger partial charge >= 0.3 is 0 Å². The van der Waals surface area contributed by atoms with Crippen LogP contribution in [0.3, 0.4) is 0 Å². The smallest absolute Gasteiger partial charge is 0.263 e. The summed E-state index contributed by atoms with van der Waals surface area (Å²) in [6.45, 7) is 0.938. The van der Waals surface area contributed by atoms with Gasteiger partial charge in [0.15, 0.2) is 6.10 Å². The molecule has 1 atom stereocenters. The van der Waals surface area contributed by atoms with Crippen LogP contribution in [0.15, 0.2) is 55.0 Å². The molecule has 7 heteroatoms. The number of allylic oxidation sites excluding steroid dienone is 1. The average molecular weight is 474 g/mol. The summed E-state index contributed by atoms with van der Waals surface area (Å²) in [4.78, 5) is 23.8. The number of carbonyl (C=O) groups is 1. The van der Waals surface area contributed by atoms with Crippen molar-refractivity contribution in [2.75, 3.05) is 13.1 Å². The van der Waals surface area contributed by atoms with E-state index in [0.717, 1.165) is 45.7 Å². The van der Waals surface area contributed by atoms with Crippen LogP contribution in [0.25, 0.3) is 17.2 Å². The van der Waals surface area contributed by atoms with E-state index in [2.05, 4.69) is 22.1 Å². The average Bonchev–Trinajstić information content (AvgIpc) is 3.51. The molecule has 3 aromatic rings. The Labute approximate surface area is 202 Å². The lowest BCUT2D eigenvalue weighted by Crippen LogP contribution is -2.49. The Bertz CT molecular complexity index is 1300. The zero-order chi connectivity index (χ0) is 23.3. The van der Waals surface area contributed by atoms with Crippen LogP contribution in [-0.2, 0) is 23.2 Å². The first kappa shape index (κ1) is 21.3. The predicted molar refractivity (Wildman–Crippen MR) is 129 cm³/mol. The van der Waals surface area contributed by atoms with Crippen LogP contribution in [-0.4, -0.2) is 45.1 Å². The number of hydrogen-bond donors (Lipinski definition) is 1. The summed E-state index contributed by atoms with van der Waals surface area (Å²) in [5, 5.41) is 11.7. The van der Waals surface area contributed by atoms with E-state index in [4.69, 9.17) is 16.3 Å². The summed E-state index contributed by atoms with van der Waals surface area (Å²) in [6, 6.07) is 9.48. The highest BCUT2D eigenvalue weighted by Gasteiger charge is 2.40. The van der Waals surface area contributed by atoms with Crippen molar-refractivity contribution in [2.24, 2.45) is 0 Å². The third-order valence-corrected chi connectivity index (χ3v) is 7.35. The topological polar surface area (TPSA) is 75.5 Å². The first-order valence-electron chi connectivity index (χ1n) is 11.6. The monoisotopic (exact) mass is 473 g/mol. The highest BCUT2D eigenvalue weighted by molar-refractivity contribution is 6.31. The number of halogens is 1. The Balaban J connectivity index is 1.22. The molecule has 1 aromatic carbocycles. The Kier molecular flexibility index (Phi) is 5.15. The number of benzene rings is 1. The Morgan fingerprint density at radius 1 is 1.18 bits per heavy atom. The second-order valence-electron chi connectivity index (χ2n) is 9.18. The molecule has 3 aliphatic rings. The maximum Gasteiger partial charge on any atom is 0.263 e. The first-order chi connectivity index (χ1) is 16.5. The van der Waals surface area contributed by atoms with Gasteiger partial charge in [-0.2, -0.15) is 0 Å². The number of aliphatic hydroxyl groups is 1. The third-order valence-electron chi connectivity index (χ3n) is 7.13. The number of carbonyl (C=O) groups excluding carboxylic acids is 1. The fraction of sp³-hybridized carbons (Fsp3) is 0.296. The fourth-order valence-electron chi connectivity index (χ4n) is 5.28. The normalized spacial score (nSPS) is 20.1. The Morgan fingerprint density at radius 2 is 2.03 bits per heavy atom. The molecule has 0 bridgehead atoms. The van der Waals surface area contributed by atoms with E-state index < -0.39 is 11.7 Å². The molecule has 2 aromatic heterocycles. The number of piperidine rings is 1. The highest BCUT2D eigenvalue weighted by atomic mass is 35.5. The number of fused-ring (bicyclic) bond motifs is 2. The molecule has 0 spiro atoms. The van der Waals surface area contributed by atoms with Crippen LogP contribution >= 0.6 is 11.6 Å². The van der Waals surface area contributed by atoms with Gasteiger partial charge in [0, 0.05) is 71.8 Å². The van der Waals surface area contributed by atoms with Gasteiger partial charge in [0.2, 0.25) is 0 Å². The largest absolute Gasteiger partial charge is 0.479 e. The van der Waals surface area contributed by atoms with Crippen LogP contribution in [0.5, 0.6) is 5.75 Å². The minimum atomic E-state index is -0.958. The van der Waals surface area contributed by atoms with E-state index in [1.807, 2.05) is 36.5 Å². The summed E-state index contributed by atoms with van der Waals surface area (Å²) in [5.74, 6) is 0.673. The molecule has 1 saturated heterocycles. The number of amides is 1. The molecule has 1 N–H and O–H groups in total. The zero-order valence-corrected chi connectivity index (χ0v) is 19.3. The predicted octanol–water partition coefficient (Wildman–Crippen LogP) is 4.18. The first-order valence-corrected chi connectivity index (χ1v) is 12.0. The van der Waals surface area contributed by atoms with E-state index >= 15 is 0 Å². The molecule has 1 fully saturated rings. The van der Waals surface area contributed by atoms with Crippen molar-refractivity contribution in [1.29, 1.82) is 0 Å². The molecule has 4 heterocycles. The summed E-state index contributed by atoms with van der Waals surface area (Å²) in [6.07, 6.45) is 11.0. The number of likely N-dealkylation sites (tertiary alicyclic amines) is 1. The van der Waals surface area contributed by atoms with E-state index in [-0.39, 0.29) is 5.91 Å². The van der Waals surface area contributed by atoms with Crippen LogP contribution in [0.1, 0.15) is 35.2 Å². The number of pyridine rings is 2. The Hall–Kier alpha value is -3.22. The van der Waals surface area contributed by atoms with E-state index in [1.54, 1.807) is 17.3 Å². The van der Waals surface area contributed by atoms with Gasteiger partial charge in [0.05, 0.1) is 11.3 Å². The molecule has 0 radical (unpaired) electrons. The van der Waals surface area contributed by atoms with Crippen LogP contribution in [0.4, 0.5) is 0 Å². The van der Waals surface area contributed by atoms with Gasteiger partial charge in [-0.1, -0.05) is 29.8 Å². The summed E-state index contributed by atoms with van der Waals surface area (Å²) < 4.78 is 6.29. The van der Waals surface area contributed by atoms with Crippen molar-refractivity contribution < 1.29 is 14.6 Å². The maximum absolute atomic E-state index is 13.4. The van der Waals surface area contributed by atoms with Gasteiger partial charge in [0.1, 0.15) is 5.75 Å². The van der Waals surface area contributed by atoms with Crippen LogP contribution < -0.4 is 4.74 Å².